The molecule has 1 fully saturated rings. The lowest BCUT2D eigenvalue weighted by Crippen LogP contribution is -2.47. The van der Waals surface area contributed by atoms with Crippen molar-refractivity contribution in [3.05, 3.63) is 59.7 Å². The Labute approximate surface area is 207 Å². The van der Waals surface area contributed by atoms with E-state index in [1.54, 1.807) is 36.5 Å². The molecule has 0 spiro atoms. The smallest absolute Gasteiger partial charge is 0.257 e. The average molecular weight is 481 g/mol. The zero-order valence-electron chi connectivity index (χ0n) is 20.4. The van der Waals surface area contributed by atoms with E-state index in [2.05, 4.69) is 20.7 Å². The number of benzene rings is 2. The summed E-state index contributed by atoms with van der Waals surface area (Å²) in [7, 11) is 0. The number of piperidine rings is 1. The maximum atomic E-state index is 13.0. The van der Waals surface area contributed by atoms with E-state index in [0.29, 0.717) is 30.9 Å². The summed E-state index contributed by atoms with van der Waals surface area (Å²) in [6.07, 6.45) is 7.25. The zero-order valence-corrected chi connectivity index (χ0v) is 20.4. The van der Waals surface area contributed by atoms with Crippen molar-refractivity contribution in [1.29, 1.82) is 0 Å². The normalized spacial score (nSPS) is 15.0. The minimum Gasteiger partial charge on any atom is -0.504 e. The highest BCUT2D eigenvalue weighted by Crippen LogP contribution is 2.26. The van der Waals surface area contributed by atoms with E-state index in [1.165, 1.54) is 6.42 Å². The molecule has 3 N–H and O–H groups in total. The van der Waals surface area contributed by atoms with Crippen LogP contribution in [-0.4, -0.2) is 60.3 Å². The van der Waals surface area contributed by atoms with Gasteiger partial charge < -0.3 is 15.2 Å². The number of amides is 2. The maximum Gasteiger partial charge on any atom is 0.257 e. The molecule has 188 valence electrons. The largest absolute Gasteiger partial charge is 0.504 e. The molecule has 0 saturated carbocycles. The third-order valence-electron chi connectivity index (χ3n) is 6.03. The van der Waals surface area contributed by atoms with E-state index < -0.39 is 0 Å². The first kappa shape index (κ1) is 26.2. The SMILES string of the molecule is CCOc1cc(C=NNC(=O)C(CCCCNC(=O)c2ccccc2)N2CCCCC2)ccc1O. The molecule has 35 heavy (non-hydrogen) atoms. The Morgan fingerprint density at radius 1 is 1.11 bits per heavy atom. The monoisotopic (exact) mass is 480 g/mol. The molecule has 1 unspecified atom stereocenters. The Balaban J connectivity index is 1.50. The topological polar surface area (TPSA) is 103 Å². The number of hydrazone groups is 1. The van der Waals surface area contributed by atoms with Gasteiger partial charge in [0.2, 0.25) is 0 Å². The van der Waals surface area contributed by atoms with Crippen LogP contribution in [0.5, 0.6) is 11.5 Å². The minimum atomic E-state index is -0.254. The molecule has 3 rings (SSSR count). The van der Waals surface area contributed by atoms with Crippen molar-refractivity contribution >= 4 is 18.0 Å². The van der Waals surface area contributed by atoms with Crippen LogP contribution in [0, 0.1) is 0 Å². The second-order valence-corrected chi connectivity index (χ2v) is 8.62. The summed E-state index contributed by atoms with van der Waals surface area (Å²) in [4.78, 5) is 27.4. The quantitative estimate of drug-likeness (QED) is 0.244. The standard InChI is InChI=1S/C27H36N4O4/c1-2-35-25-19-21(14-15-24(25)32)20-29-30-27(34)23(31-17-9-4-10-18-31)13-7-8-16-28-26(33)22-11-5-3-6-12-22/h3,5-6,11-12,14-15,19-20,23,32H,2,4,7-10,13,16-18H2,1H3,(H,28,33)(H,30,34). The van der Waals surface area contributed by atoms with Crippen LogP contribution in [-0.2, 0) is 4.79 Å². The summed E-state index contributed by atoms with van der Waals surface area (Å²) < 4.78 is 5.39. The maximum absolute atomic E-state index is 13.0. The van der Waals surface area contributed by atoms with Crippen LogP contribution in [0.2, 0.25) is 0 Å². The van der Waals surface area contributed by atoms with Gasteiger partial charge in [-0.05, 0) is 88.0 Å². The first-order valence-electron chi connectivity index (χ1n) is 12.4. The van der Waals surface area contributed by atoms with Crippen LogP contribution in [0.25, 0.3) is 0 Å². The number of hydrogen-bond acceptors (Lipinski definition) is 6. The molecule has 1 saturated heterocycles. The molecule has 8 heteroatoms. The fourth-order valence-corrected chi connectivity index (χ4v) is 4.19. The molecule has 2 aromatic rings. The van der Waals surface area contributed by atoms with Crippen molar-refractivity contribution in [2.24, 2.45) is 5.10 Å². The summed E-state index contributed by atoms with van der Waals surface area (Å²) in [5.74, 6) is 0.249. The summed E-state index contributed by atoms with van der Waals surface area (Å²) in [6.45, 7) is 4.67. The van der Waals surface area contributed by atoms with Gasteiger partial charge >= 0.3 is 0 Å². The second kappa shape index (κ2) is 14.1. The summed E-state index contributed by atoms with van der Waals surface area (Å²) in [5.41, 5.74) is 4.06. The molecule has 0 bridgehead atoms. The third kappa shape index (κ3) is 8.40. The van der Waals surface area contributed by atoms with Crippen molar-refractivity contribution in [2.75, 3.05) is 26.2 Å². The van der Waals surface area contributed by atoms with Crippen molar-refractivity contribution < 1.29 is 19.4 Å². The van der Waals surface area contributed by atoms with Crippen molar-refractivity contribution in [3.63, 3.8) is 0 Å². The molecule has 0 radical (unpaired) electrons. The number of rotatable bonds is 12. The van der Waals surface area contributed by atoms with Crippen LogP contribution in [0.1, 0.15) is 61.4 Å². The molecular weight excluding hydrogens is 444 g/mol. The highest BCUT2D eigenvalue weighted by atomic mass is 16.5. The summed E-state index contributed by atoms with van der Waals surface area (Å²) >= 11 is 0. The Hall–Kier alpha value is -3.39. The number of hydrogen-bond donors (Lipinski definition) is 3. The van der Waals surface area contributed by atoms with E-state index in [0.717, 1.165) is 44.3 Å². The lowest BCUT2D eigenvalue weighted by atomic mass is 10.0. The van der Waals surface area contributed by atoms with Gasteiger partial charge in [-0.25, -0.2) is 5.43 Å². The van der Waals surface area contributed by atoms with Crippen molar-refractivity contribution in [2.45, 2.75) is 51.5 Å². The van der Waals surface area contributed by atoms with Gasteiger partial charge in [0.1, 0.15) is 0 Å². The molecule has 1 heterocycles. The van der Waals surface area contributed by atoms with Gasteiger partial charge in [0.15, 0.2) is 11.5 Å². The lowest BCUT2D eigenvalue weighted by molar-refractivity contribution is -0.127. The molecular formula is C27H36N4O4. The number of carbonyl (C=O) groups excluding carboxylic acids is 2. The van der Waals surface area contributed by atoms with E-state index in [1.807, 2.05) is 25.1 Å². The minimum absolute atomic E-state index is 0.0677. The van der Waals surface area contributed by atoms with Crippen molar-refractivity contribution in [1.82, 2.24) is 15.6 Å². The van der Waals surface area contributed by atoms with Crippen LogP contribution < -0.4 is 15.5 Å². The van der Waals surface area contributed by atoms with Crippen molar-refractivity contribution in [3.8, 4) is 11.5 Å². The molecule has 2 amide bonds. The zero-order chi connectivity index (χ0) is 24.9. The predicted octanol–water partition coefficient (Wildman–Crippen LogP) is 3.70. The van der Waals surface area contributed by atoms with E-state index in [4.69, 9.17) is 4.74 Å². The number of unbranched alkanes of at least 4 members (excludes halogenated alkanes) is 1. The molecule has 1 aliphatic heterocycles. The second-order valence-electron chi connectivity index (χ2n) is 8.62. The Morgan fingerprint density at radius 2 is 1.89 bits per heavy atom. The Bertz CT molecular complexity index is 974. The number of phenols is 1. The van der Waals surface area contributed by atoms with Gasteiger partial charge in [0.05, 0.1) is 18.9 Å². The number of likely N-dealkylation sites (tertiary alicyclic amines) is 1. The average Bonchev–Trinajstić information content (AvgIpc) is 2.89. The van der Waals surface area contributed by atoms with E-state index >= 15 is 0 Å². The fraction of sp³-hybridized carbons (Fsp3) is 0.444. The molecule has 0 aromatic heterocycles. The first-order valence-corrected chi connectivity index (χ1v) is 12.4. The number of nitrogens with one attached hydrogen (secondary N) is 2. The third-order valence-corrected chi connectivity index (χ3v) is 6.03. The number of phenolic OH excluding ortho intramolecular Hbond substituents is 1. The van der Waals surface area contributed by atoms with Gasteiger partial charge in [0, 0.05) is 12.1 Å². The molecule has 1 aliphatic rings. The Kier molecular flexibility index (Phi) is 10.6. The van der Waals surface area contributed by atoms with Gasteiger partial charge in [-0.15, -0.1) is 0 Å². The molecule has 8 nitrogen and oxygen atoms in total. The van der Waals surface area contributed by atoms with Gasteiger partial charge in [0.25, 0.3) is 11.8 Å². The van der Waals surface area contributed by atoms with Crippen LogP contribution in [0.4, 0.5) is 0 Å². The van der Waals surface area contributed by atoms with Crippen LogP contribution in [0.15, 0.2) is 53.6 Å². The van der Waals surface area contributed by atoms with Crippen LogP contribution >= 0.6 is 0 Å². The molecule has 2 aromatic carbocycles. The highest BCUT2D eigenvalue weighted by molar-refractivity contribution is 5.94. The highest BCUT2D eigenvalue weighted by Gasteiger charge is 2.26. The van der Waals surface area contributed by atoms with Crippen LogP contribution in [0.3, 0.4) is 0 Å². The summed E-state index contributed by atoms with van der Waals surface area (Å²) in [5, 5.41) is 16.9. The lowest BCUT2D eigenvalue weighted by Gasteiger charge is -2.33. The van der Waals surface area contributed by atoms with E-state index in [-0.39, 0.29) is 23.6 Å². The molecule has 0 aliphatic carbocycles. The number of ether oxygens (including phenoxy) is 1. The predicted molar refractivity (Wildman–Crippen MR) is 137 cm³/mol. The van der Waals surface area contributed by atoms with Gasteiger partial charge in [-0.2, -0.15) is 5.10 Å². The number of nitrogens with zero attached hydrogens (tertiary/aromatic N) is 2. The van der Waals surface area contributed by atoms with E-state index in [9.17, 15) is 14.7 Å². The number of aromatic hydroxyl groups is 1. The van der Waals surface area contributed by atoms with Gasteiger partial charge in [-0.1, -0.05) is 24.6 Å². The van der Waals surface area contributed by atoms with Gasteiger partial charge in [-0.3, -0.25) is 14.5 Å². The summed E-state index contributed by atoms with van der Waals surface area (Å²) in [6, 6.07) is 13.8. The Morgan fingerprint density at radius 3 is 2.63 bits per heavy atom. The number of carbonyl (C=O) groups is 2. The first-order chi connectivity index (χ1) is 17.1. The fourth-order valence-electron chi connectivity index (χ4n) is 4.19. The molecule has 1 atom stereocenters.